The Balaban J connectivity index is 1.60. The van der Waals surface area contributed by atoms with Crippen molar-refractivity contribution in [3.8, 4) is 0 Å². The Morgan fingerprint density at radius 2 is 1.66 bits per heavy atom. The third-order valence-electron chi connectivity index (χ3n) is 8.06. The summed E-state index contributed by atoms with van der Waals surface area (Å²) in [5.74, 6) is -0.376. The number of aryl methyl sites for hydroxylation is 1. The molecule has 2 atom stereocenters. The van der Waals surface area contributed by atoms with E-state index in [0.29, 0.717) is 12.1 Å². The van der Waals surface area contributed by atoms with Gasteiger partial charge in [0.15, 0.2) is 5.78 Å². The van der Waals surface area contributed by atoms with Gasteiger partial charge in [-0.1, -0.05) is 64.4 Å². The summed E-state index contributed by atoms with van der Waals surface area (Å²) >= 11 is 0. The van der Waals surface area contributed by atoms with E-state index in [1.54, 1.807) is 0 Å². The summed E-state index contributed by atoms with van der Waals surface area (Å²) in [5, 5.41) is 7.58. The fourth-order valence-electron chi connectivity index (χ4n) is 5.48. The molecule has 2 aliphatic rings. The molecule has 5 nitrogen and oxygen atoms in total. The molecule has 5 heteroatoms. The van der Waals surface area contributed by atoms with Gasteiger partial charge in [-0.05, 0) is 60.9 Å². The van der Waals surface area contributed by atoms with E-state index in [-0.39, 0.29) is 11.7 Å². The van der Waals surface area contributed by atoms with Crippen molar-refractivity contribution in [3.63, 3.8) is 0 Å². The summed E-state index contributed by atoms with van der Waals surface area (Å²) in [6.07, 6.45) is 4.63. The van der Waals surface area contributed by atoms with Gasteiger partial charge in [-0.25, -0.2) is 0 Å². The molecule has 0 radical (unpaired) electrons. The highest BCUT2D eigenvalue weighted by atomic mass is 16.2. The Hall–Kier alpha value is -2.95. The van der Waals surface area contributed by atoms with Crippen molar-refractivity contribution in [2.45, 2.75) is 59.8 Å². The van der Waals surface area contributed by atoms with Crippen molar-refractivity contribution in [2.75, 3.05) is 10.7 Å². The fraction of sp³-hybridized carbons (Fsp3) is 0.444. The maximum absolute atomic E-state index is 13.7. The van der Waals surface area contributed by atoms with Crippen LogP contribution in [0.15, 0.2) is 59.7 Å². The molecule has 168 valence electrons. The first kappa shape index (κ1) is 22.3. The summed E-state index contributed by atoms with van der Waals surface area (Å²) in [4.78, 5) is 27.3. The van der Waals surface area contributed by atoms with E-state index in [4.69, 9.17) is 0 Å². The number of unbranched alkanes of at least 4 members (excludes halogenated alkanes) is 1. The molecule has 32 heavy (non-hydrogen) atoms. The highest BCUT2D eigenvalue weighted by molar-refractivity contribution is 6.51. The Labute approximate surface area is 190 Å². The molecule has 2 aliphatic carbocycles. The van der Waals surface area contributed by atoms with Crippen LogP contribution in [0.3, 0.4) is 0 Å². The molecule has 2 aromatic carbocycles. The Morgan fingerprint density at radius 1 is 0.969 bits per heavy atom. The summed E-state index contributed by atoms with van der Waals surface area (Å²) in [5.41, 5.74) is 4.19. The minimum atomic E-state index is -1.11. The zero-order chi connectivity index (χ0) is 23.0. The van der Waals surface area contributed by atoms with Gasteiger partial charge in [0.05, 0.1) is 5.69 Å². The molecular weight excluding hydrogens is 398 g/mol. The van der Waals surface area contributed by atoms with Crippen molar-refractivity contribution in [3.05, 3.63) is 60.2 Å². The van der Waals surface area contributed by atoms with Crippen LogP contribution in [0.5, 0.6) is 0 Å². The first-order chi connectivity index (χ1) is 15.3. The van der Waals surface area contributed by atoms with Gasteiger partial charge in [0.1, 0.15) is 11.1 Å². The number of benzene rings is 2. The number of fused-ring (bicyclic) bond motifs is 2. The van der Waals surface area contributed by atoms with E-state index in [9.17, 15) is 9.59 Å². The fourth-order valence-corrected chi connectivity index (χ4v) is 5.48. The SMILES string of the molecule is CCCCc1ccc(NC(=O)C23CCC(C)(/C(=N/Nc4ccccc4)C2=O)C3(C)C)cc1. The standard InChI is InChI=1S/C27H33N3O2/c1-5-6-10-19-13-15-20(16-14-19)28-24(32)27-18-17-26(4,25(27,2)3)22(23(27)31)30-29-21-11-8-7-9-12-21/h7-9,11-16,29H,5-6,10,17-18H2,1-4H3,(H,28,32)/b30-22+. The Bertz CT molecular complexity index is 1040. The lowest BCUT2D eigenvalue weighted by molar-refractivity contribution is -0.139. The second-order valence-electron chi connectivity index (χ2n) is 9.88. The van der Waals surface area contributed by atoms with Gasteiger partial charge in [0.2, 0.25) is 5.91 Å². The Kier molecular flexibility index (Phi) is 5.70. The highest BCUT2D eigenvalue weighted by Gasteiger charge is 2.76. The van der Waals surface area contributed by atoms with E-state index in [0.717, 1.165) is 37.1 Å². The van der Waals surface area contributed by atoms with Crippen LogP contribution in [0.4, 0.5) is 11.4 Å². The first-order valence-corrected chi connectivity index (χ1v) is 11.6. The van der Waals surface area contributed by atoms with Crippen LogP contribution in [0.1, 0.15) is 58.9 Å². The van der Waals surface area contributed by atoms with E-state index < -0.39 is 16.2 Å². The number of amides is 1. The topological polar surface area (TPSA) is 70.6 Å². The van der Waals surface area contributed by atoms with Crippen LogP contribution >= 0.6 is 0 Å². The van der Waals surface area contributed by atoms with Gasteiger partial charge in [-0.2, -0.15) is 5.10 Å². The smallest absolute Gasteiger partial charge is 0.239 e. The molecule has 0 aliphatic heterocycles. The molecule has 0 saturated heterocycles. The molecule has 2 bridgehead atoms. The third kappa shape index (κ3) is 3.26. The number of hydrogen-bond acceptors (Lipinski definition) is 4. The number of para-hydroxylation sites is 1. The quantitative estimate of drug-likeness (QED) is 0.428. The summed E-state index contributed by atoms with van der Waals surface area (Å²) < 4.78 is 0. The van der Waals surface area contributed by atoms with E-state index in [1.165, 1.54) is 5.56 Å². The lowest BCUT2D eigenvalue weighted by Crippen LogP contribution is -2.47. The van der Waals surface area contributed by atoms with Gasteiger partial charge < -0.3 is 5.32 Å². The van der Waals surface area contributed by atoms with Crippen molar-refractivity contribution in [1.82, 2.24) is 0 Å². The molecule has 1 amide bonds. The van der Waals surface area contributed by atoms with Crippen LogP contribution < -0.4 is 10.7 Å². The first-order valence-electron chi connectivity index (χ1n) is 11.6. The number of carbonyl (C=O) groups excluding carboxylic acids is 2. The number of Topliss-reactive ketones (excluding diaryl/α,β-unsaturated/α-hetero) is 1. The van der Waals surface area contributed by atoms with Gasteiger partial charge in [-0.15, -0.1) is 0 Å². The molecule has 0 spiro atoms. The zero-order valence-electron chi connectivity index (χ0n) is 19.5. The molecular formula is C27H33N3O2. The number of hydrogen-bond donors (Lipinski definition) is 2. The molecule has 2 aromatic rings. The van der Waals surface area contributed by atoms with Crippen LogP contribution in [0, 0.1) is 16.2 Å². The van der Waals surface area contributed by atoms with E-state index >= 15 is 0 Å². The number of nitrogens with zero attached hydrogens (tertiary/aromatic N) is 1. The molecule has 2 N–H and O–H groups in total. The van der Waals surface area contributed by atoms with Gasteiger partial charge in [0.25, 0.3) is 0 Å². The lowest BCUT2D eigenvalue weighted by atomic mass is 9.64. The minimum Gasteiger partial charge on any atom is -0.325 e. The number of nitrogens with one attached hydrogen (secondary N) is 2. The zero-order valence-corrected chi connectivity index (χ0v) is 19.5. The summed E-state index contributed by atoms with van der Waals surface area (Å²) in [6.45, 7) is 8.32. The Morgan fingerprint density at radius 3 is 2.31 bits per heavy atom. The molecule has 4 rings (SSSR count). The van der Waals surface area contributed by atoms with E-state index in [2.05, 4.69) is 41.8 Å². The molecule has 2 saturated carbocycles. The molecule has 2 fully saturated rings. The summed E-state index contributed by atoms with van der Waals surface area (Å²) in [7, 11) is 0. The minimum absolute atomic E-state index is 0.156. The number of rotatable bonds is 7. The van der Waals surface area contributed by atoms with Crippen molar-refractivity contribution < 1.29 is 9.59 Å². The molecule has 2 unspecified atom stereocenters. The van der Waals surface area contributed by atoms with Crippen molar-refractivity contribution in [1.29, 1.82) is 0 Å². The predicted octanol–water partition coefficient (Wildman–Crippen LogP) is 5.83. The van der Waals surface area contributed by atoms with Gasteiger partial charge in [0, 0.05) is 11.1 Å². The average Bonchev–Trinajstić information content (AvgIpc) is 3.07. The van der Waals surface area contributed by atoms with Crippen LogP contribution in [-0.4, -0.2) is 17.4 Å². The largest absolute Gasteiger partial charge is 0.325 e. The second kappa shape index (κ2) is 8.19. The number of carbonyl (C=O) groups is 2. The maximum Gasteiger partial charge on any atom is 0.239 e. The molecule has 0 aromatic heterocycles. The van der Waals surface area contributed by atoms with Crippen LogP contribution in [0.25, 0.3) is 0 Å². The monoisotopic (exact) mass is 431 g/mol. The van der Waals surface area contributed by atoms with Crippen LogP contribution in [-0.2, 0) is 16.0 Å². The van der Waals surface area contributed by atoms with Crippen molar-refractivity contribution in [2.24, 2.45) is 21.3 Å². The predicted molar refractivity (Wildman–Crippen MR) is 130 cm³/mol. The molecule has 0 heterocycles. The van der Waals surface area contributed by atoms with Gasteiger partial charge >= 0.3 is 0 Å². The number of ketones is 1. The van der Waals surface area contributed by atoms with Crippen molar-refractivity contribution >= 4 is 28.8 Å². The van der Waals surface area contributed by atoms with Crippen LogP contribution in [0.2, 0.25) is 0 Å². The van der Waals surface area contributed by atoms with Gasteiger partial charge in [-0.3, -0.25) is 15.0 Å². The highest BCUT2D eigenvalue weighted by Crippen LogP contribution is 2.69. The normalized spacial score (nSPS) is 27.0. The number of anilines is 2. The number of hydrazone groups is 1. The second-order valence-corrected chi connectivity index (χ2v) is 9.88. The lowest BCUT2D eigenvalue weighted by Gasteiger charge is -2.37. The summed E-state index contributed by atoms with van der Waals surface area (Å²) in [6, 6.07) is 17.6. The third-order valence-corrected chi connectivity index (χ3v) is 8.06. The average molecular weight is 432 g/mol. The maximum atomic E-state index is 13.7. The van der Waals surface area contributed by atoms with E-state index in [1.807, 2.05) is 56.3 Å².